The van der Waals surface area contributed by atoms with Crippen LogP contribution in [0.3, 0.4) is 0 Å². The second kappa shape index (κ2) is 8.35. The summed E-state index contributed by atoms with van der Waals surface area (Å²) in [5, 5.41) is 6.04. The zero-order chi connectivity index (χ0) is 15.0. The molecule has 2 N–H and O–H groups in total. The topological polar surface area (TPSA) is 76.1 Å². The largest absolute Gasteiger partial charge is 0.478 e. The molecule has 0 saturated heterocycles. The normalized spacial score (nSPS) is 11.8. The summed E-state index contributed by atoms with van der Waals surface area (Å²) in [5.74, 6) is 1.91. The number of anilines is 1. The second-order valence-electron chi connectivity index (χ2n) is 4.63. The van der Waals surface area contributed by atoms with Gasteiger partial charge < -0.3 is 15.4 Å². The van der Waals surface area contributed by atoms with Crippen molar-refractivity contribution in [2.75, 3.05) is 18.5 Å². The van der Waals surface area contributed by atoms with E-state index in [1.54, 1.807) is 6.07 Å². The zero-order valence-corrected chi connectivity index (χ0v) is 12.7. The SMILES string of the molecule is CCOc1cc(NCCC(=O)NC(C)CC)nc(C)n1. The standard InChI is InChI=1S/C14H24N4O2/c1-5-10(3)16-13(19)7-8-15-12-9-14(20-6-2)18-11(4)17-12/h9-10H,5-8H2,1-4H3,(H,16,19)(H,15,17,18). The van der Waals surface area contributed by atoms with Gasteiger partial charge in [-0.15, -0.1) is 0 Å². The number of carbonyl (C=O) groups is 1. The summed E-state index contributed by atoms with van der Waals surface area (Å²) in [6, 6.07) is 1.96. The number of nitrogens with zero attached hydrogens (tertiary/aromatic N) is 2. The van der Waals surface area contributed by atoms with Crippen molar-refractivity contribution in [2.24, 2.45) is 0 Å². The van der Waals surface area contributed by atoms with Crippen molar-refractivity contribution in [3.8, 4) is 5.88 Å². The average molecular weight is 280 g/mol. The molecule has 0 aromatic carbocycles. The average Bonchev–Trinajstić information content (AvgIpc) is 2.38. The van der Waals surface area contributed by atoms with Crippen molar-refractivity contribution in [3.63, 3.8) is 0 Å². The molecule has 0 aliphatic carbocycles. The van der Waals surface area contributed by atoms with Crippen molar-refractivity contribution in [1.82, 2.24) is 15.3 Å². The van der Waals surface area contributed by atoms with Crippen molar-refractivity contribution in [3.05, 3.63) is 11.9 Å². The van der Waals surface area contributed by atoms with Crippen LogP contribution in [0.5, 0.6) is 5.88 Å². The molecule has 112 valence electrons. The van der Waals surface area contributed by atoms with Gasteiger partial charge in [0, 0.05) is 25.1 Å². The van der Waals surface area contributed by atoms with Gasteiger partial charge in [0.05, 0.1) is 6.61 Å². The molecule has 1 rings (SSSR count). The van der Waals surface area contributed by atoms with Gasteiger partial charge in [-0.3, -0.25) is 4.79 Å². The third-order valence-corrected chi connectivity index (χ3v) is 2.78. The van der Waals surface area contributed by atoms with Gasteiger partial charge in [-0.05, 0) is 27.2 Å². The summed E-state index contributed by atoms with van der Waals surface area (Å²) in [7, 11) is 0. The smallest absolute Gasteiger partial charge is 0.221 e. The minimum atomic E-state index is 0.0441. The first-order valence-electron chi connectivity index (χ1n) is 7.06. The number of rotatable bonds is 8. The minimum absolute atomic E-state index is 0.0441. The quantitative estimate of drug-likeness (QED) is 0.760. The van der Waals surface area contributed by atoms with Crippen molar-refractivity contribution >= 4 is 11.7 Å². The van der Waals surface area contributed by atoms with Crippen LogP contribution in [0.2, 0.25) is 0 Å². The van der Waals surface area contributed by atoms with Gasteiger partial charge in [-0.25, -0.2) is 4.98 Å². The van der Waals surface area contributed by atoms with Crippen LogP contribution in [0.1, 0.15) is 39.4 Å². The molecule has 0 radical (unpaired) electrons. The highest BCUT2D eigenvalue weighted by molar-refractivity contribution is 5.76. The van der Waals surface area contributed by atoms with Crippen molar-refractivity contribution in [2.45, 2.75) is 46.6 Å². The Hall–Kier alpha value is -1.85. The van der Waals surface area contributed by atoms with E-state index < -0.39 is 0 Å². The summed E-state index contributed by atoms with van der Waals surface area (Å²) in [6.07, 6.45) is 1.35. The predicted octanol–water partition coefficient (Wildman–Crippen LogP) is 1.90. The first-order chi connectivity index (χ1) is 9.55. The van der Waals surface area contributed by atoms with Crippen LogP contribution in [0.15, 0.2) is 6.07 Å². The number of nitrogens with one attached hydrogen (secondary N) is 2. The van der Waals surface area contributed by atoms with Crippen LogP contribution in [-0.2, 0) is 4.79 Å². The molecule has 1 aromatic rings. The highest BCUT2D eigenvalue weighted by Crippen LogP contribution is 2.13. The van der Waals surface area contributed by atoms with E-state index in [2.05, 4.69) is 20.6 Å². The number of ether oxygens (including phenoxy) is 1. The maximum Gasteiger partial charge on any atom is 0.221 e. The number of amides is 1. The number of hydrogen-bond acceptors (Lipinski definition) is 5. The van der Waals surface area contributed by atoms with Gasteiger partial charge in [-0.2, -0.15) is 4.98 Å². The van der Waals surface area contributed by atoms with Gasteiger partial charge in [0.2, 0.25) is 11.8 Å². The Kier molecular flexibility index (Phi) is 6.76. The lowest BCUT2D eigenvalue weighted by Gasteiger charge is -2.12. The fraction of sp³-hybridized carbons (Fsp3) is 0.643. The highest BCUT2D eigenvalue weighted by atomic mass is 16.5. The fourth-order valence-corrected chi connectivity index (χ4v) is 1.61. The predicted molar refractivity (Wildman–Crippen MR) is 78.9 cm³/mol. The summed E-state index contributed by atoms with van der Waals surface area (Å²) >= 11 is 0. The molecule has 0 aliphatic rings. The fourth-order valence-electron chi connectivity index (χ4n) is 1.61. The molecule has 1 unspecified atom stereocenters. The molecule has 6 heteroatoms. The molecule has 1 heterocycles. The summed E-state index contributed by atoms with van der Waals surface area (Å²) in [6.45, 7) is 8.85. The molecule has 1 atom stereocenters. The zero-order valence-electron chi connectivity index (χ0n) is 12.7. The maximum atomic E-state index is 11.6. The van der Waals surface area contributed by atoms with Crippen LogP contribution >= 0.6 is 0 Å². The molecule has 0 spiro atoms. The molecule has 6 nitrogen and oxygen atoms in total. The van der Waals surface area contributed by atoms with Crippen LogP contribution in [0.25, 0.3) is 0 Å². The Morgan fingerprint density at radius 1 is 1.40 bits per heavy atom. The Bertz CT molecular complexity index is 437. The van der Waals surface area contributed by atoms with E-state index in [-0.39, 0.29) is 11.9 Å². The lowest BCUT2D eigenvalue weighted by Crippen LogP contribution is -2.33. The van der Waals surface area contributed by atoms with Crippen LogP contribution in [0, 0.1) is 6.92 Å². The van der Waals surface area contributed by atoms with Gasteiger partial charge in [0.25, 0.3) is 0 Å². The molecule has 1 aromatic heterocycles. The van der Waals surface area contributed by atoms with E-state index >= 15 is 0 Å². The van der Waals surface area contributed by atoms with E-state index in [4.69, 9.17) is 4.74 Å². The monoisotopic (exact) mass is 280 g/mol. The lowest BCUT2D eigenvalue weighted by molar-refractivity contribution is -0.121. The molecule has 0 fully saturated rings. The molecule has 0 bridgehead atoms. The third kappa shape index (κ3) is 5.86. The van der Waals surface area contributed by atoms with E-state index in [0.717, 1.165) is 6.42 Å². The summed E-state index contributed by atoms with van der Waals surface area (Å²) in [4.78, 5) is 20.1. The Morgan fingerprint density at radius 2 is 2.15 bits per heavy atom. The Labute approximate surface area is 120 Å². The Morgan fingerprint density at radius 3 is 2.80 bits per heavy atom. The minimum Gasteiger partial charge on any atom is -0.478 e. The van der Waals surface area contributed by atoms with Gasteiger partial charge in [0.1, 0.15) is 11.6 Å². The number of hydrogen-bond donors (Lipinski definition) is 2. The molecule has 1 amide bonds. The van der Waals surface area contributed by atoms with E-state index in [1.165, 1.54) is 0 Å². The molecular formula is C14H24N4O2. The van der Waals surface area contributed by atoms with E-state index in [9.17, 15) is 4.79 Å². The van der Waals surface area contributed by atoms with Crippen LogP contribution in [0.4, 0.5) is 5.82 Å². The number of aryl methyl sites for hydroxylation is 1. The van der Waals surface area contributed by atoms with Crippen molar-refractivity contribution < 1.29 is 9.53 Å². The second-order valence-corrected chi connectivity index (χ2v) is 4.63. The first-order valence-corrected chi connectivity index (χ1v) is 7.06. The summed E-state index contributed by atoms with van der Waals surface area (Å²) in [5.41, 5.74) is 0. The number of aromatic nitrogens is 2. The highest BCUT2D eigenvalue weighted by Gasteiger charge is 2.06. The molecular weight excluding hydrogens is 256 g/mol. The van der Waals surface area contributed by atoms with Gasteiger partial charge in [0.15, 0.2) is 0 Å². The van der Waals surface area contributed by atoms with Crippen LogP contribution in [-0.4, -0.2) is 35.1 Å². The summed E-state index contributed by atoms with van der Waals surface area (Å²) < 4.78 is 5.35. The Balaban J connectivity index is 2.43. The molecule has 0 saturated carbocycles. The van der Waals surface area contributed by atoms with Gasteiger partial charge in [-0.1, -0.05) is 6.92 Å². The molecule has 0 aliphatic heterocycles. The van der Waals surface area contributed by atoms with Crippen molar-refractivity contribution in [1.29, 1.82) is 0 Å². The molecule has 20 heavy (non-hydrogen) atoms. The van der Waals surface area contributed by atoms with Gasteiger partial charge >= 0.3 is 0 Å². The number of carbonyl (C=O) groups excluding carboxylic acids is 1. The first kappa shape index (κ1) is 16.2. The maximum absolute atomic E-state index is 11.6. The van der Waals surface area contributed by atoms with Crippen LogP contribution < -0.4 is 15.4 Å². The van der Waals surface area contributed by atoms with E-state index in [0.29, 0.717) is 37.1 Å². The van der Waals surface area contributed by atoms with E-state index in [1.807, 2.05) is 27.7 Å². The third-order valence-electron chi connectivity index (χ3n) is 2.78. The lowest BCUT2D eigenvalue weighted by atomic mass is 10.2.